The van der Waals surface area contributed by atoms with Crippen LogP contribution in [0, 0.1) is 0 Å². The lowest BCUT2D eigenvalue weighted by Crippen LogP contribution is -2.24. The molecule has 3 rings (SSSR count). The minimum atomic E-state index is -3.83. The zero-order valence-electron chi connectivity index (χ0n) is 14.7. The first-order valence-corrected chi connectivity index (χ1v) is 10.2. The lowest BCUT2D eigenvalue weighted by molar-refractivity contribution is 0.0697. The Kier molecular flexibility index (Phi) is 6.10. The molecule has 0 bridgehead atoms. The number of carboxylic acids is 1. The summed E-state index contributed by atoms with van der Waals surface area (Å²) in [6.07, 6.45) is 1.95. The third-order valence-electron chi connectivity index (χ3n) is 4.39. The largest absolute Gasteiger partial charge is 0.478 e. The third-order valence-corrected chi connectivity index (χ3v) is 5.78. The molecule has 2 aromatic rings. The Morgan fingerprint density at radius 3 is 2.63 bits per heavy atom. The van der Waals surface area contributed by atoms with Gasteiger partial charge in [-0.25, -0.2) is 17.9 Å². The maximum absolute atomic E-state index is 12.5. The zero-order valence-corrected chi connectivity index (χ0v) is 15.5. The van der Waals surface area contributed by atoms with Gasteiger partial charge in [-0.1, -0.05) is 30.3 Å². The molecule has 7 nitrogen and oxygen atoms in total. The molecule has 0 amide bonds. The van der Waals surface area contributed by atoms with Gasteiger partial charge in [0, 0.05) is 25.4 Å². The fourth-order valence-electron chi connectivity index (χ4n) is 2.91. The number of aromatic carboxylic acids is 1. The van der Waals surface area contributed by atoms with Gasteiger partial charge in [-0.15, -0.1) is 0 Å². The van der Waals surface area contributed by atoms with Gasteiger partial charge in [0.2, 0.25) is 10.0 Å². The van der Waals surface area contributed by atoms with Crippen molar-refractivity contribution in [2.75, 3.05) is 18.5 Å². The highest BCUT2D eigenvalue weighted by Crippen LogP contribution is 2.22. The van der Waals surface area contributed by atoms with E-state index < -0.39 is 16.0 Å². The van der Waals surface area contributed by atoms with E-state index in [4.69, 9.17) is 4.74 Å². The van der Waals surface area contributed by atoms with Crippen LogP contribution in [0.1, 0.15) is 28.8 Å². The Morgan fingerprint density at radius 2 is 1.96 bits per heavy atom. The van der Waals surface area contributed by atoms with E-state index in [-0.39, 0.29) is 23.1 Å². The van der Waals surface area contributed by atoms with Gasteiger partial charge in [0.05, 0.1) is 16.6 Å². The summed E-state index contributed by atoms with van der Waals surface area (Å²) >= 11 is 0. The fraction of sp³-hybridized carbons (Fsp3) is 0.316. The summed E-state index contributed by atoms with van der Waals surface area (Å²) < 4.78 is 33.0. The van der Waals surface area contributed by atoms with Crippen molar-refractivity contribution in [3.63, 3.8) is 0 Å². The molecule has 0 unspecified atom stereocenters. The van der Waals surface area contributed by atoms with E-state index in [1.54, 1.807) is 0 Å². The highest BCUT2D eigenvalue weighted by atomic mass is 32.2. The molecule has 1 atom stereocenters. The molecule has 144 valence electrons. The van der Waals surface area contributed by atoms with Gasteiger partial charge in [0.1, 0.15) is 0 Å². The van der Waals surface area contributed by atoms with Crippen LogP contribution in [0.15, 0.2) is 53.4 Å². The predicted octanol–water partition coefficient (Wildman–Crippen LogP) is 2.45. The molecule has 0 saturated carbocycles. The van der Waals surface area contributed by atoms with Crippen molar-refractivity contribution in [1.29, 1.82) is 0 Å². The Labute approximate surface area is 158 Å². The Bertz CT molecular complexity index is 894. The monoisotopic (exact) mass is 390 g/mol. The molecule has 1 aliphatic heterocycles. The number of nitrogens with one attached hydrogen (secondary N) is 2. The zero-order chi connectivity index (χ0) is 19.3. The average Bonchev–Trinajstić information content (AvgIpc) is 3.19. The molecule has 1 fully saturated rings. The van der Waals surface area contributed by atoms with Crippen LogP contribution in [0.25, 0.3) is 0 Å². The molecular formula is C19H22N2O5S. The van der Waals surface area contributed by atoms with E-state index in [2.05, 4.69) is 10.0 Å². The van der Waals surface area contributed by atoms with Gasteiger partial charge in [-0.3, -0.25) is 0 Å². The third kappa shape index (κ3) is 5.06. The standard InChI is InChI=1S/C19H22N2O5S/c22-19(23)17-11-16(8-9-18(17)20-13-15-7-4-10-26-15)27(24,25)21-12-14-5-2-1-3-6-14/h1-3,5-6,8-9,11,15,20-21H,4,7,10,12-13H2,(H,22,23)/t15-/m1/s1. The van der Waals surface area contributed by atoms with Crippen LogP contribution in [0.2, 0.25) is 0 Å². The van der Waals surface area contributed by atoms with E-state index in [1.165, 1.54) is 18.2 Å². The summed E-state index contributed by atoms with van der Waals surface area (Å²) in [4.78, 5) is 11.5. The number of hydrogen-bond donors (Lipinski definition) is 3. The van der Waals surface area contributed by atoms with Crippen LogP contribution in [0.4, 0.5) is 5.69 Å². The molecule has 0 radical (unpaired) electrons. The minimum Gasteiger partial charge on any atom is -0.478 e. The molecular weight excluding hydrogens is 368 g/mol. The van der Waals surface area contributed by atoms with Crippen molar-refractivity contribution >= 4 is 21.7 Å². The summed E-state index contributed by atoms with van der Waals surface area (Å²) in [6, 6.07) is 13.2. The second-order valence-electron chi connectivity index (χ2n) is 6.34. The lowest BCUT2D eigenvalue weighted by Gasteiger charge is -2.15. The van der Waals surface area contributed by atoms with Crippen LogP contribution in [-0.2, 0) is 21.3 Å². The van der Waals surface area contributed by atoms with Gasteiger partial charge < -0.3 is 15.2 Å². The Hall–Kier alpha value is -2.42. The van der Waals surface area contributed by atoms with Gasteiger partial charge in [0.25, 0.3) is 0 Å². The number of sulfonamides is 1. The van der Waals surface area contributed by atoms with Crippen molar-refractivity contribution < 1.29 is 23.1 Å². The molecule has 27 heavy (non-hydrogen) atoms. The number of benzene rings is 2. The van der Waals surface area contributed by atoms with Crippen molar-refractivity contribution in [2.45, 2.75) is 30.4 Å². The summed E-state index contributed by atoms with van der Waals surface area (Å²) in [6.45, 7) is 1.33. The van der Waals surface area contributed by atoms with Crippen molar-refractivity contribution in [3.8, 4) is 0 Å². The Balaban J connectivity index is 1.74. The van der Waals surface area contributed by atoms with E-state index in [0.717, 1.165) is 18.4 Å². The van der Waals surface area contributed by atoms with E-state index in [0.29, 0.717) is 18.8 Å². The maximum atomic E-state index is 12.5. The molecule has 8 heteroatoms. The molecule has 2 aromatic carbocycles. The van der Waals surface area contributed by atoms with Crippen molar-refractivity contribution in [3.05, 3.63) is 59.7 Å². The highest BCUT2D eigenvalue weighted by Gasteiger charge is 2.20. The molecule has 1 heterocycles. The summed E-state index contributed by atoms with van der Waals surface area (Å²) in [5.74, 6) is -1.19. The van der Waals surface area contributed by atoms with Crippen LogP contribution >= 0.6 is 0 Å². The van der Waals surface area contributed by atoms with Crippen LogP contribution < -0.4 is 10.0 Å². The summed E-state index contributed by atoms with van der Waals surface area (Å²) in [7, 11) is -3.83. The number of rotatable bonds is 8. The number of carbonyl (C=O) groups is 1. The number of anilines is 1. The van der Waals surface area contributed by atoms with Gasteiger partial charge in [-0.2, -0.15) is 0 Å². The van der Waals surface area contributed by atoms with Crippen LogP contribution in [0.3, 0.4) is 0 Å². The second kappa shape index (κ2) is 8.51. The van der Waals surface area contributed by atoms with Crippen molar-refractivity contribution in [1.82, 2.24) is 4.72 Å². The highest BCUT2D eigenvalue weighted by molar-refractivity contribution is 7.89. The Morgan fingerprint density at radius 1 is 1.19 bits per heavy atom. The quantitative estimate of drug-likeness (QED) is 0.640. The first kappa shape index (κ1) is 19.3. The van der Waals surface area contributed by atoms with Gasteiger partial charge in [-0.05, 0) is 36.6 Å². The number of hydrogen-bond acceptors (Lipinski definition) is 5. The smallest absolute Gasteiger partial charge is 0.337 e. The molecule has 0 spiro atoms. The van der Waals surface area contributed by atoms with Gasteiger partial charge >= 0.3 is 5.97 Å². The molecule has 3 N–H and O–H groups in total. The minimum absolute atomic E-state index is 0.0441. The SMILES string of the molecule is O=C(O)c1cc(S(=O)(=O)NCc2ccccc2)ccc1NC[C@H]1CCCO1. The first-order chi connectivity index (χ1) is 13.0. The number of ether oxygens (including phenoxy) is 1. The topological polar surface area (TPSA) is 105 Å². The maximum Gasteiger partial charge on any atom is 0.337 e. The predicted molar refractivity (Wildman–Crippen MR) is 101 cm³/mol. The van der Waals surface area contributed by atoms with Gasteiger partial charge in [0.15, 0.2) is 0 Å². The molecule has 0 aliphatic carbocycles. The lowest BCUT2D eigenvalue weighted by atomic mass is 10.1. The first-order valence-electron chi connectivity index (χ1n) is 8.72. The average molecular weight is 390 g/mol. The second-order valence-corrected chi connectivity index (χ2v) is 8.11. The molecule has 1 saturated heterocycles. The van der Waals surface area contributed by atoms with E-state index in [1.807, 2.05) is 30.3 Å². The number of carboxylic acid groups (broad SMARTS) is 1. The fourth-order valence-corrected chi connectivity index (χ4v) is 3.95. The molecule has 1 aliphatic rings. The van der Waals surface area contributed by atoms with Crippen molar-refractivity contribution in [2.24, 2.45) is 0 Å². The van der Waals surface area contributed by atoms with Crippen LogP contribution in [0.5, 0.6) is 0 Å². The van der Waals surface area contributed by atoms with Crippen LogP contribution in [-0.4, -0.2) is 38.7 Å². The normalized spacial score (nSPS) is 17.0. The molecule has 0 aromatic heterocycles. The summed E-state index contributed by atoms with van der Waals surface area (Å²) in [5, 5.41) is 12.5. The summed E-state index contributed by atoms with van der Waals surface area (Å²) in [5.41, 5.74) is 1.10. The van der Waals surface area contributed by atoms with E-state index >= 15 is 0 Å². The van der Waals surface area contributed by atoms with E-state index in [9.17, 15) is 18.3 Å².